The number of allylic oxidation sites excluding steroid dienone is 3. The maximum atomic E-state index is 12.5. The SMILES string of the molecule is CCCCCCCCCCCCCCCCCCC/C=C/C(O)C(CO)NC(=O)CC(O)CCCCCCCCCCCCCCCCC/C=C\CCCCCCCCCCCCCCCCCCCC. The van der Waals surface area contributed by atoms with Crippen molar-refractivity contribution >= 4 is 5.91 Å². The number of aliphatic hydroxyl groups excluding tert-OH is 3. The summed E-state index contributed by atoms with van der Waals surface area (Å²) < 4.78 is 0. The first-order valence-electron chi connectivity index (χ1n) is 32.6. The summed E-state index contributed by atoms with van der Waals surface area (Å²) in [6.07, 6.45) is 79.9. The van der Waals surface area contributed by atoms with Gasteiger partial charge < -0.3 is 20.6 Å². The van der Waals surface area contributed by atoms with Crippen molar-refractivity contribution in [1.82, 2.24) is 5.32 Å². The molecule has 3 unspecified atom stereocenters. The van der Waals surface area contributed by atoms with E-state index < -0.39 is 18.2 Å². The molecule has 3 atom stereocenters. The average molecular weight is 1000 g/mol. The molecule has 0 aromatic rings. The molecule has 4 N–H and O–H groups in total. The molecule has 71 heavy (non-hydrogen) atoms. The smallest absolute Gasteiger partial charge is 0.222 e. The summed E-state index contributed by atoms with van der Waals surface area (Å²) >= 11 is 0. The molecule has 0 aromatic carbocycles. The largest absolute Gasteiger partial charge is 0.394 e. The first-order chi connectivity index (χ1) is 35.0. The summed E-state index contributed by atoms with van der Waals surface area (Å²) in [6.45, 7) is 4.26. The number of nitrogens with one attached hydrogen (secondary N) is 1. The molecule has 0 fully saturated rings. The topological polar surface area (TPSA) is 89.8 Å². The van der Waals surface area contributed by atoms with Gasteiger partial charge in [-0.3, -0.25) is 4.79 Å². The van der Waals surface area contributed by atoms with E-state index in [4.69, 9.17) is 0 Å². The molecule has 0 aliphatic rings. The van der Waals surface area contributed by atoms with Gasteiger partial charge in [-0.15, -0.1) is 0 Å². The Morgan fingerprint density at radius 1 is 0.352 bits per heavy atom. The van der Waals surface area contributed by atoms with Crippen LogP contribution in [0.1, 0.15) is 367 Å². The van der Waals surface area contributed by atoms with E-state index >= 15 is 0 Å². The summed E-state index contributed by atoms with van der Waals surface area (Å²) in [5, 5.41) is 33.5. The minimum Gasteiger partial charge on any atom is -0.394 e. The molecule has 0 spiro atoms. The predicted octanol–water partition coefficient (Wildman–Crippen LogP) is 20.8. The van der Waals surface area contributed by atoms with Crippen LogP contribution in [0.25, 0.3) is 0 Å². The lowest BCUT2D eigenvalue weighted by Gasteiger charge is -2.21. The van der Waals surface area contributed by atoms with E-state index in [0.29, 0.717) is 6.42 Å². The van der Waals surface area contributed by atoms with Crippen LogP contribution in [-0.2, 0) is 4.79 Å². The van der Waals surface area contributed by atoms with Crippen LogP contribution in [0.3, 0.4) is 0 Å². The number of unbranched alkanes of at least 4 members (excludes halogenated alkanes) is 50. The molecule has 0 heterocycles. The van der Waals surface area contributed by atoms with Gasteiger partial charge in [-0.05, 0) is 44.9 Å². The maximum Gasteiger partial charge on any atom is 0.222 e. The van der Waals surface area contributed by atoms with Crippen molar-refractivity contribution in [2.75, 3.05) is 6.61 Å². The quantitative estimate of drug-likeness (QED) is 0.0361. The van der Waals surface area contributed by atoms with Crippen LogP contribution in [0, 0.1) is 0 Å². The van der Waals surface area contributed by atoms with Gasteiger partial charge in [0.15, 0.2) is 0 Å². The minimum atomic E-state index is -0.928. The van der Waals surface area contributed by atoms with Gasteiger partial charge in [0.05, 0.1) is 31.3 Å². The Hall–Kier alpha value is -1.17. The lowest BCUT2D eigenvalue weighted by molar-refractivity contribution is -0.124. The molecule has 0 saturated heterocycles. The number of hydrogen-bond donors (Lipinski definition) is 4. The molecule has 0 radical (unpaired) electrons. The van der Waals surface area contributed by atoms with E-state index in [-0.39, 0.29) is 18.9 Å². The molecule has 0 aliphatic carbocycles. The second-order valence-electron chi connectivity index (χ2n) is 22.7. The fraction of sp³-hybridized carbons (Fsp3) is 0.924. The first kappa shape index (κ1) is 69.8. The summed E-state index contributed by atoms with van der Waals surface area (Å²) in [4.78, 5) is 12.5. The zero-order chi connectivity index (χ0) is 51.4. The highest BCUT2D eigenvalue weighted by Crippen LogP contribution is 2.19. The van der Waals surface area contributed by atoms with Crippen LogP contribution in [0.2, 0.25) is 0 Å². The Morgan fingerprint density at radius 3 is 0.859 bits per heavy atom. The number of rotatable bonds is 61. The van der Waals surface area contributed by atoms with Gasteiger partial charge in [-0.2, -0.15) is 0 Å². The van der Waals surface area contributed by atoms with Gasteiger partial charge in [0.25, 0.3) is 0 Å². The fourth-order valence-corrected chi connectivity index (χ4v) is 10.5. The number of carbonyl (C=O) groups is 1. The van der Waals surface area contributed by atoms with Crippen LogP contribution >= 0.6 is 0 Å². The number of aliphatic hydroxyl groups is 3. The van der Waals surface area contributed by atoms with Gasteiger partial charge in [-0.1, -0.05) is 340 Å². The number of amides is 1. The third-order valence-electron chi connectivity index (χ3n) is 15.5. The van der Waals surface area contributed by atoms with Crippen LogP contribution in [0.5, 0.6) is 0 Å². The summed E-state index contributed by atoms with van der Waals surface area (Å²) in [6, 6.07) is -0.743. The van der Waals surface area contributed by atoms with Crippen molar-refractivity contribution in [2.45, 2.75) is 385 Å². The Bertz CT molecular complexity index is 1060. The maximum absolute atomic E-state index is 12.5. The number of carbonyl (C=O) groups excluding carboxylic acids is 1. The van der Waals surface area contributed by atoms with Gasteiger partial charge in [0.2, 0.25) is 5.91 Å². The molecule has 5 heteroatoms. The predicted molar refractivity (Wildman–Crippen MR) is 315 cm³/mol. The molecule has 5 nitrogen and oxygen atoms in total. The second-order valence-corrected chi connectivity index (χ2v) is 22.7. The van der Waals surface area contributed by atoms with Gasteiger partial charge in [0, 0.05) is 0 Å². The molecule has 1 amide bonds. The van der Waals surface area contributed by atoms with Crippen LogP contribution < -0.4 is 5.32 Å². The highest BCUT2D eigenvalue weighted by atomic mass is 16.3. The molecule has 422 valence electrons. The van der Waals surface area contributed by atoms with Crippen LogP contribution in [0.15, 0.2) is 24.3 Å². The van der Waals surface area contributed by atoms with Crippen molar-refractivity contribution < 1.29 is 20.1 Å². The monoisotopic (exact) mass is 1000 g/mol. The van der Waals surface area contributed by atoms with E-state index in [9.17, 15) is 20.1 Å². The zero-order valence-corrected chi connectivity index (χ0v) is 48.4. The fourth-order valence-electron chi connectivity index (χ4n) is 10.5. The van der Waals surface area contributed by atoms with Crippen molar-refractivity contribution in [3.8, 4) is 0 Å². The zero-order valence-electron chi connectivity index (χ0n) is 48.4. The molecule has 0 aromatic heterocycles. The Labute approximate surface area is 445 Å². The van der Waals surface area contributed by atoms with Crippen LogP contribution in [-0.4, -0.2) is 46.1 Å². The molecular formula is C66H129NO4. The van der Waals surface area contributed by atoms with E-state index in [0.717, 1.165) is 25.7 Å². The summed E-state index contributed by atoms with van der Waals surface area (Å²) in [5.74, 6) is -0.309. The highest BCUT2D eigenvalue weighted by molar-refractivity contribution is 5.76. The van der Waals surface area contributed by atoms with Crippen molar-refractivity contribution in [1.29, 1.82) is 0 Å². The summed E-state index contributed by atoms with van der Waals surface area (Å²) in [7, 11) is 0. The lowest BCUT2D eigenvalue weighted by Crippen LogP contribution is -2.45. The molecule has 0 aliphatic heterocycles. The molecule has 0 saturated carbocycles. The Balaban J connectivity index is 3.46. The van der Waals surface area contributed by atoms with E-state index in [1.54, 1.807) is 6.08 Å². The van der Waals surface area contributed by atoms with Crippen molar-refractivity contribution in [2.24, 2.45) is 0 Å². The van der Waals surface area contributed by atoms with E-state index in [2.05, 4.69) is 31.3 Å². The third-order valence-corrected chi connectivity index (χ3v) is 15.5. The molecular weight excluding hydrogens is 871 g/mol. The summed E-state index contributed by atoms with van der Waals surface area (Å²) in [5.41, 5.74) is 0. The molecule has 0 rings (SSSR count). The standard InChI is InChI=1S/C66H129NO4/c1-3-5-7-9-11-13-15-17-19-21-23-24-25-26-27-28-29-30-31-32-33-34-35-36-37-38-39-40-42-43-45-47-49-51-53-55-57-59-63(69)61-66(71)67-64(62-68)65(70)60-58-56-54-52-50-48-46-44-41-22-20-18-16-14-12-10-8-6-4-2/h32-33,58,60,63-65,68-70H,3-31,34-57,59,61-62H2,1-2H3,(H,67,71)/b33-32-,60-58+. The number of hydrogen-bond acceptors (Lipinski definition) is 4. The normalized spacial score (nSPS) is 13.3. The van der Waals surface area contributed by atoms with Gasteiger partial charge >= 0.3 is 0 Å². The minimum absolute atomic E-state index is 0.0173. The average Bonchev–Trinajstić information content (AvgIpc) is 3.37. The van der Waals surface area contributed by atoms with Crippen molar-refractivity contribution in [3.63, 3.8) is 0 Å². The lowest BCUT2D eigenvalue weighted by atomic mass is 10.0. The van der Waals surface area contributed by atoms with Gasteiger partial charge in [0.1, 0.15) is 0 Å². The third kappa shape index (κ3) is 58.0. The van der Waals surface area contributed by atoms with E-state index in [1.807, 2.05) is 6.08 Å². The first-order valence-corrected chi connectivity index (χ1v) is 32.6. The van der Waals surface area contributed by atoms with Crippen molar-refractivity contribution in [3.05, 3.63) is 24.3 Å². The highest BCUT2D eigenvalue weighted by Gasteiger charge is 2.20. The van der Waals surface area contributed by atoms with E-state index in [1.165, 1.54) is 315 Å². The Morgan fingerprint density at radius 2 is 0.592 bits per heavy atom. The van der Waals surface area contributed by atoms with Gasteiger partial charge in [-0.25, -0.2) is 0 Å². The molecule has 0 bridgehead atoms. The van der Waals surface area contributed by atoms with Crippen LogP contribution in [0.4, 0.5) is 0 Å². The Kier molecular flexibility index (Phi) is 60.4. The second kappa shape index (κ2) is 61.4.